The largest absolute Gasteiger partial charge is 0.478 e. The van der Waals surface area contributed by atoms with Gasteiger partial charge in [0, 0.05) is 57.8 Å². The zero-order valence-electron chi connectivity index (χ0n) is 17.2. The summed E-state index contributed by atoms with van der Waals surface area (Å²) in [6, 6.07) is 22.0. The second-order valence-corrected chi connectivity index (χ2v) is 7.26. The van der Waals surface area contributed by atoms with Gasteiger partial charge in [-0.1, -0.05) is 54.1 Å². The van der Waals surface area contributed by atoms with E-state index < -0.39 is 11.9 Å². The molecule has 2 N–H and O–H groups in total. The normalized spacial score (nSPS) is 10.7. The van der Waals surface area contributed by atoms with Gasteiger partial charge in [0.25, 0.3) is 0 Å². The van der Waals surface area contributed by atoms with E-state index in [-0.39, 0.29) is 45.8 Å². The Balaban J connectivity index is 0.00000289. The van der Waals surface area contributed by atoms with Crippen LogP contribution in [-0.4, -0.2) is 51.5 Å². The zero-order chi connectivity index (χ0) is 21.8. The third-order valence-corrected chi connectivity index (χ3v) is 4.96. The molecule has 1 amide bonds. The summed E-state index contributed by atoms with van der Waals surface area (Å²) in [7, 11) is 0. The predicted octanol–water partition coefficient (Wildman–Crippen LogP) is 5.52. The molecule has 0 atom stereocenters. The number of nitrogens with one attached hydrogen (secondary N) is 1. The number of fused-ring (bicyclic) bond motifs is 1. The Bertz CT molecular complexity index is 1330. The van der Waals surface area contributed by atoms with Crippen LogP contribution in [0.25, 0.3) is 28.1 Å². The van der Waals surface area contributed by atoms with E-state index in [0.29, 0.717) is 0 Å². The zero-order valence-corrected chi connectivity index (χ0v) is 20.0. The molecule has 7 heteroatoms. The summed E-state index contributed by atoms with van der Waals surface area (Å²) < 4.78 is 0. The van der Waals surface area contributed by atoms with Crippen molar-refractivity contribution in [1.29, 1.82) is 0 Å². The van der Waals surface area contributed by atoms with Gasteiger partial charge >= 0.3 is 5.97 Å². The minimum atomic E-state index is -1.17. The van der Waals surface area contributed by atoms with Crippen LogP contribution in [0.15, 0.2) is 85.1 Å². The molecule has 1 heterocycles. The number of para-hydroxylation sites is 1. The van der Waals surface area contributed by atoms with Crippen LogP contribution in [0, 0.1) is 0 Å². The summed E-state index contributed by atoms with van der Waals surface area (Å²) >= 11 is 5.85. The Morgan fingerprint density at radius 1 is 0.969 bits per heavy atom. The molecule has 0 aliphatic rings. The molecule has 0 aliphatic heterocycles. The minimum Gasteiger partial charge on any atom is -0.478 e. The number of amides is 1. The Labute approximate surface area is 212 Å². The summed E-state index contributed by atoms with van der Waals surface area (Å²) in [5.41, 5.74) is 3.84. The molecule has 1 aromatic heterocycles. The molecule has 32 heavy (non-hydrogen) atoms. The first-order valence-corrected chi connectivity index (χ1v) is 9.85. The van der Waals surface area contributed by atoms with Crippen LogP contribution in [0.5, 0.6) is 0 Å². The fourth-order valence-electron chi connectivity index (χ4n) is 3.30. The number of carboxylic acids is 1. The number of hydrogen-bond acceptors (Lipinski definition) is 3. The van der Waals surface area contributed by atoms with Gasteiger partial charge in [0.15, 0.2) is 0 Å². The minimum absolute atomic E-state index is 0. The number of halogens is 1. The number of aromatic carboxylic acids is 1. The molecule has 4 aromatic rings. The van der Waals surface area contributed by atoms with Crippen molar-refractivity contribution in [2.75, 3.05) is 5.32 Å². The Kier molecular flexibility index (Phi) is 7.83. The van der Waals surface area contributed by atoms with Crippen molar-refractivity contribution in [1.82, 2.24) is 4.98 Å². The maximum atomic E-state index is 12.3. The fraction of sp³-hybridized carbons (Fsp3) is 0. The van der Waals surface area contributed by atoms with E-state index in [9.17, 15) is 14.7 Å². The second-order valence-electron chi connectivity index (χ2n) is 6.82. The van der Waals surface area contributed by atoms with Crippen LogP contribution in [0.1, 0.15) is 15.9 Å². The quantitative estimate of drug-likeness (QED) is 0.309. The molecule has 0 saturated heterocycles. The number of pyridine rings is 1. The first-order chi connectivity index (χ1) is 15.0. The average molecular weight is 452 g/mol. The van der Waals surface area contributed by atoms with Crippen LogP contribution >= 0.6 is 11.6 Å². The number of carbonyl (C=O) groups excluding carboxylic acids is 1. The Hall–Kier alpha value is -2.96. The van der Waals surface area contributed by atoms with E-state index in [0.717, 1.165) is 27.6 Å². The number of benzene rings is 3. The fourth-order valence-corrected chi connectivity index (χ4v) is 3.47. The van der Waals surface area contributed by atoms with Crippen molar-refractivity contribution >= 4 is 75.7 Å². The number of carbonyl (C=O) groups is 2. The topological polar surface area (TPSA) is 79.3 Å². The molecular formula is C25H17ClN2NaO3. The maximum absolute atomic E-state index is 12.3. The molecule has 0 aliphatic carbocycles. The van der Waals surface area contributed by atoms with E-state index in [1.165, 1.54) is 24.3 Å². The number of hydrogen-bond donors (Lipinski definition) is 2. The van der Waals surface area contributed by atoms with Crippen molar-refractivity contribution < 1.29 is 14.7 Å². The molecule has 0 fully saturated rings. The van der Waals surface area contributed by atoms with Crippen molar-refractivity contribution in [2.24, 2.45) is 0 Å². The molecule has 153 valence electrons. The summed E-state index contributed by atoms with van der Waals surface area (Å²) in [6.45, 7) is 0. The predicted molar refractivity (Wildman–Crippen MR) is 129 cm³/mol. The standard InChI is InChI=1S/C25H17ClN2O3.Na/c26-19-10-11-22(21(15-19)25(30)31)28-23(29)12-9-16-4-1-6-18(14-16)20-8-2-5-17-7-3-13-27-24(17)20;/h1-15H,(H,28,29)(H,30,31);/b12-9+;. The van der Waals surface area contributed by atoms with Crippen LogP contribution in [0.3, 0.4) is 0 Å². The molecule has 0 saturated carbocycles. The molecule has 0 bridgehead atoms. The third-order valence-electron chi connectivity index (χ3n) is 4.73. The summed E-state index contributed by atoms with van der Waals surface area (Å²) in [5.74, 6) is -1.61. The number of carboxylic acid groups (broad SMARTS) is 1. The van der Waals surface area contributed by atoms with Gasteiger partial charge in [-0.15, -0.1) is 0 Å². The summed E-state index contributed by atoms with van der Waals surface area (Å²) in [5, 5.41) is 13.2. The molecule has 0 unspecified atom stereocenters. The Morgan fingerprint density at radius 2 is 1.75 bits per heavy atom. The van der Waals surface area contributed by atoms with Gasteiger partial charge in [-0.05, 0) is 47.5 Å². The van der Waals surface area contributed by atoms with Crippen molar-refractivity contribution in [2.45, 2.75) is 0 Å². The number of anilines is 1. The molecule has 5 nitrogen and oxygen atoms in total. The molecule has 4 rings (SSSR count). The van der Waals surface area contributed by atoms with Gasteiger partial charge in [-0.25, -0.2) is 4.79 Å². The van der Waals surface area contributed by atoms with Crippen molar-refractivity contribution in [3.8, 4) is 11.1 Å². The van der Waals surface area contributed by atoms with Crippen LogP contribution in [0.2, 0.25) is 5.02 Å². The van der Waals surface area contributed by atoms with Gasteiger partial charge in [0.1, 0.15) is 0 Å². The van der Waals surface area contributed by atoms with Crippen LogP contribution < -0.4 is 5.32 Å². The smallest absolute Gasteiger partial charge is 0.337 e. The second kappa shape index (κ2) is 10.6. The summed E-state index contributed by atoms with van der Waals surface area (Å²) in [6.07, 6.45) is 4.80. The van der Waals surface area contributed by atoms with Crippen LogP contribution in [-0.2, 0) is 4.79 Å². The molecule has 0 spiro atoms. The summed E-state index contributed by atoms with van der Waals surface area (Å²) in [4.78, 5) is 28.2. The number of nitrogens with zero attached hydrogens (tertiary/aromatic N) is 1. The van der Waals surface area contributed by atoms with E-state index in [1.54, 1.807) is 12.3 Å². The third kappa shape index (κ3) is 5.44. The molecule has 1 radical (unpaired) electrons. The van der Waals surface area contributed by atoms with Gasteiger partial charge < -0.3 is 10.4 Å². The first kappa shape index (κ1) is 23.7. The van der Waals surface area contributed by atoms with Crippen molar-refractivity contribution in [3.05, 3.63) is 101 Å². The van der Waals surface area contributed by atoms with E-state index >= 15 is 0 Å². The van der Waals surface area contributed by atoms with Gasteiger partial charge in [-0.3, -0.25) is 9.78 Å². The van der Waals surface area contributed by atoms with Crippen LogP contribution in [0.4, 0.5) is 5.69 Å². The molecular weight excluding hydrogens is 435 g/mol. The van der Waals surface area contributed by atoms with Gasteiger partial charge in [0.2, 0.25) is 5.91 Å². The number of aromatic nitrogens is 1. The van der Waals surface area contributed by atoms with E-state index in [2.05, 4.69) is 10.3 Å². The average Bonchev–Trinajstić information content (AvgIpc) is 2.78. The monoisotopic (exact) mass is 451 g/mol. The van der Waals surface area contributed by atoms with E-state index in [4.69, 9.17) is 11.6 Å². The van der Waals surface area contributed by atoms with Crippen molar-refractivity contribution in [3.63, 3.8) is 0 Å². The number of rotatable bonds is 5. The first-order valence-electron chi connectivity index (χ1n) is 9.47. The molecule has 3 aromatic carbocycles. The Morgan fingerprint density at radius 3 is 2.56 bits per heavy atom. The van der Waals surface area contributed by atoms with E-state index in [1.807, 2.05) is 54.6 Å². The van der Waals surface area contributed by atoms with Gasteiger partial charge in [-0.2, -0.15) is 0 Å². The van der Waals surface area contributed by atoms with Gasteiger partial charge in [0.05, 0.1) is 16.8 Å². The SMILES string of the molecule is O=C(/C=C/c1cccc(-c2cccc3cccnc23)c1)Nc1ccc(Cl)cc1C(=O)O.[Na]. The maximum Gasteiger partial charge on any atom is 0.337 e.